The summed E-state index contributed by atoms with van der Waals surface area (Å²) in [5.41, 5.74) is 9.75. The SMILES string of the molecule is Cc1cc(Cl)c2cc(CN)cc(C)c2n1. The number of nitrogens with zero attached hydrogens (tertiary/aromatic N) is 1. The minimum absolute atomic E-state index is 0.529. The lowest BCUT2D eigenvalue weighted by molar-refractivity contribution is 1.07. The Kier molecular flexibility index (Phi) is 2.63. The first-order chi connectivity index (χ1) is 7.11. The zero-order valence-corrected chi connectivity index (χ0v) is 9.60. The van der Waals surface area contributed by atoms with Crippen molar-refractivity contribution < 1.29 is 0 Å². The number of aromatic nitrogens is 1. The van der Waals surface area contributed by atoms with Crippen LogP contribution in [0, 0.1) is 13.8 Å². The van der Waals surface area contributed by atoms with Crippen molar-refractivity contribution >= 4 is 22.5 Å². The summed E-state index contributed by atoms with van der Waals surface area (Å²) in [6.45, 7) is 4.51. The predicted octanol–water partition coefficient (Wildman–Crippen LogP) is 2.96. The van der Waals surface area contributed by atoms with Gasteiger partial charge in [0.25, 0.3) is 0 Å². The van der Waals surface area contributed by atoms with E-state index >= 15 is 0 Å². The summed E-state index contributed by atoms with van der Waals surface area (Å²) < 4.78 is 0. The molecule has 78 valence electrons. The average molecular weight is 221 g/mol. The fourth-order valence-electron chi connectivity index (χ4n) is 1.77. The van der Waals surface area contributed by atoms with Gasteiger partial charge in [-0.25, -0.2) is 0 Å². The maximum Gasteiger partial charge on any atom is 0.0749 e. The molecule has 1 aromatic carbocycles. The second kappa shape index (κ2) is 3.80. The van der Waals surface area contributed by atoms with Crippen LogP contribution in [0.15, 0.2) is 18.2 Å². The Hall–Kier alpha value is -1.12. The number of benzene rings is 1. The number of fused-ring (bicyclic) bond motifs is 1. The van der Waals surface area contributed by atoms with Gasteiger partial charge in [0.2, 0.25) is 0 Å². The molecule has 0 saturated heterocycles. The van der Waals surface area contributed by atoms with Crippen molar-refractivity contribution in [2.75, 3.05) is 0 Å². The van der Waals surface area contributed by atoms with E-state index in [1.165, 1.54) is 0 Å². The molecule has 0 unspecified atom stereocenters. The van der Waals surface area contributed by atoms with Gasteiger partial charge in [-0.3, -0.25) is 4.98 Å². The first-order valence-corrected chi connectivity index (χ1v) is 5.26. The highest BCUT2D eigenvalue weighted by Crippen LogP contribution is 2.26. The van der Waals surface area contributed by atoms with Crippen molar-refractivity contribution in [1.29, 1.82) is 0 Å². The third-order valence-electron chi connectivity index (χ3n) is 2.48. The molecular formula is C12H13ClN2. The van der Waals surface area contributed by atoms with Crippen LogP contribution >= 0.6 is 11.6 Å². The molecule has 3 heteroatoms. The molecule has 0 saturated carbocycles. The van der Waals surface area contributed by atoms with E-state index in [9.17, 15) is 0 Å². The molecule has 15 heavy (non-hydrogen) atoms. The van der Waals surface area contributed by atoms with Crippen LogP contribution in [0.2, 0.25) is 5.02 Å². The van der Waals surface area contributed by atoms with E-state index in [4.69, 9.17) is 17.3 Å². The molecule has 2 aromatic rings. The van der Waals surface area contributed by atoms with Crippen molar-refractivity contribution in [2.24, 2.45) is 5.73 Å². The zero-order valence-electron chi connectivity index (χ0n) is 8.84. The summed E-state index contributed by atoms with van der Waals surface area (Å²) >= 11 is 6.18. The van der Waals surface area contributed by atoms with Crippen molar-refractivity contribution in [1.82, 2.24) is 4.98 Å². The van der Waals surface area contributed by atoms with Crippen molar-refractivity contribution in [3.05, 3.63) is 40.0 Å². The second-order valence-corrected chi connectivity index (χ2v) is 4.17. The quantitative estimate of drug-likeness (QED) is 0.803. The number of hydrogen-bond acceptors (Lipinski definition) is 2. The number of aryl methyl sites for hydroxylation is 2. The Balaban J connectivity index is 2.85. The normalized spacial score (nSPS) is 10.9. The molecule has 0 aliphatic carbocycles. The van der Waals surface area contributed by atoms with Gasteiger partial charge in [0.05, 0.1) is 10.5 Å². The maximum absolute atomic E-state index is 6.18. The minimum Gasteiger partial charge on any atom is -0.326 e. The number of pyridine rings is 1. The second-order valence-electron chi connectivity index (χ2n) is 3.76. The largest absolute Gasteiger partial charge is 0.326 e. The van der Waals surface area contributed by atoms with Crippen LogP contribution in [0.4, 0.5) is 0 Å². The summed E-state index contributed by atoms with van der Waals surface area (Å²) in [6, 6.07) is 5.95. The first kappa shape index (κ1) is 10.4. The number of halogens is 1. The molecule has 0 aliphatic heterocycles. The summed E-state index contributed by atoms with van der Waals surface area (Å²) in [7, 11) is 0. The van der Waals surface area contributed by atoms with E-state index in [1.807, 2.05) is 26.0 Å². The molecule has 0 amide bonds. The summed E-state index contributed by atoms with van der Waals surface area (Å²) in [4.78, 5) is 4.49. The molecule has 2 nitrogen and oxygen atoms in total. The Morgan fingerprint density at radius 2 is 2.00 bits per heavy atom. The van der Waals surface area contributed by atoms with Crippen LogP contribution in [0.1, 0.15) is 16.8 Å². The van der Waals surface area contributed by atoms with Crippen LogP contribution < -0.4 is 5.73 Å². The van der Waals surface area contributed by atoms with Gasteiger partial charge < -0.3 is 5.73 Å². The lowest BCUT2D eigenvalue weighted by atomic mass is 10.1. The summed E-state index contributed by atoms with van der Waals surface area (Å²) in [5.74, 6) is 0. The maximum atomic E-state index is 6.18. The van der Waals surface area contributed by atoms with Gasteiger partial charge in [-0.15, -0.1) is 0 Å². The van der Waals surface area contributed by atoms with E-state index in [-0.39, 0.29) is 0 Å². The highest BCUT2D eigenvalue weighted by Gasteiger charge is 2.06. The van der Waals surface area contributed by atoms with E-state index in [0.29, 0.717) is 6.54 Å². The van der Waals surface area contributed by atoms with Crippen molar-refractivity contribution in [3.8, 4) is 0 Å². The molecule has 2 rings (SSSR count). The lowest BCUT2D eigenvalue weighted by Gasteiger charge is -2.07. The Bertz CT molecular complexity index is 521. The highest BCUT2D eigenvalue weighted by atomic mass is 35.5. The predicted molar refractivity (Wildman–Crippen MR) is 64.1 cm³/mol. The van der Waals surface area contributed by atoms with Gasteiger partial charge in [0, 0.05) is 17.6 Å². The monoisotopic (exact) mass is 220 g/mol. The first-order valence-electron chi connectivity index (χ1n) is 4.88. The molecule has 0 spiro atoms. The van der Waals surface area contributed by atoms with E-state index < -0.39 is 0 Å². The van der Waals surface area contributed by atoms with E-state index in [1.54, 1.807) is 0 Å². The fraction of sp³-hybridized carbons (Fsp3) is 0.250. The van der Waals surface area contributed by atoms with Gasteiger partial charge in [-0.1, -0.05) is 17.7 Å². The van der Waals surface area contributed by atoms with Gasteiger partial charge >= 0.3 is 0 Å². The molecule has 0 aliphatic rings. The van der Waals surface area contributed by atoms with Crippen LogP contribution in [0.25, 0.3) is 10.9 Å². The third kappa shape index (κ3) is 1.83. The number of rotatable bonds is 1. The standard InChI is InChI=1S/C12H13ClN2/c1-7-3-9(6-14)5-10-11(13)4-8(2)15-12(7)10/h3-5H,6,14H2,1-2H3. The van der Waals surface area contributed by atoms with Gasteiger partial charge in [-0.05, 0) is 37.1 Å². The Morgan fingerprint density at radius 3 is 2.67 bits per heavy atom. The summed E-state index contributed by atoms with van der Waals surface area (Å²) in [6.07, 6.45) is 0. The van der Waals surface area contributed by atoms with E-state index in [0.717, 1.165) is 32.7 Å². The summed E-state index contributed by atoms with van der Waals surface area (Å²) in [5, 5.41) is 1.73. The van der Waals surface area contributed by atoms with Gasteiger partial charge in [0.15, 0.2) is 0 Å². The number of hydrogen-bond donors (Lipinski definition) is 1. The van der Waals surface area contributed by atoms with Crippen LogP contribution in [0.3, 0.4) is 0 Å². The minimum atomic E-state index is 0.529. The number of nitrogens with two attached hydrogens (primary N) is 1. The molecular weight excluding hydrogens is 208 g/mol. The van der Waals surface area contributed by atoms with Gasteiger partial charge in [0.1, 0.15) is 0 Å². The molecule has 0 fully saturated rings. The molecule has 1 heterocycles. The lowest BCUT2D eigenvalue weighted by Crippen LogP contribution is -1.98. The molecule has 0 radical (unpaired) electrons. The molecule has 0 atom stereocenters. The average Bonchev–Trinajstić information content (AvgIpc) is 2.19. The molecule has 1 aromatic heterocycles. The Morgan fingerprint density at radius 1 is 1.27 bits per heavy atom. The molecule has 0 bridgehead atoms. The van der Waals surface area contributed by atoms with Crippen LogP contribution in [-0.4, -0.2) is 4.98 Å². The van der Waals surface area contributed by atoms with E-state index in [2.05, 4.69) is 11.1 Å². The fourth-order valence-corrected chi connectivity index (χ4v) is 2.07. The topological polar surface area (TPSA) is 38.9 Å². The smallest absolute Gasteiger partial charge is 0.0749 e. The van der Waals surface area contributed by atoms with Crippen molar-refractivity contribution in [3.63, 3.8) is 0 Å². The van der Waals surface area contributed by atoms with Crippen LogP contribution in [-0.2, 0) is 6.54 Å². The third-order valence-corrected chi connectivity index (χ3v) is 2.79. The zero-order chi connectivity index (χ0) is 11.0. The Labute approximate surface area is 94.1 Å². The highest BCUT2D eigenvalue weighted by molar-refractivity contribution is 6.35. The van der Waals surface area contributed by atoms with Gasteiger partial charge in [-0.2, -0.15) is 0 Å². The molecule has 2 N–H and O–H groups in total. The van der Waals surface area contributed by atoms with Crippen LogP contribution in [0.5, 0.6) is 0 Å². The van der Waals surface area contributed by atoms with Crippen molar-refractivity contribution in [2.45, 2.75) is 20.4 Å².